The number of nitrogens with zero attached hydrogens (tertiary/aromatic N) is 2. The number of aromatic nitrogens is 1. The Bertz CT molecular complexity index is 580. The van der Waals surface area contributed by atoms with Crippen LogP contribution in [-0.4, -0.2) is 28.5 Å². The van der Waals surface area contributed by atoms with Gasteiger partial charge in [0.25, 0.3) is 0 Å². The molecule has 0 radical (unpaired) electrons. The van der Waals surface area contributed by atoms with Gasteiger partial charge in [-0.05, 0) is 24.5 Å². The zero-order valence-corrected chi connectivity index (χ0v) is 12.7. The molecule has 0 saturated carbocycles. The number of carbonyl (C=O) groups excluding carboxylic acids is 1. The van der Waals surface area contributed by atoms with Crippen molar-refractivity contribution in [1.82, 2.24) is 9.47 Å². The summed E-state index contributed by atoms with van der Waals surface area (Å²) in [6.07, 6.45) is 4.61. The third-order valence-electron chi connectivity index (χ3n) is 3.66. The van der Waals surface area contributed by atoms with Crippen molar-refractivity contribution < 1.29 is 4.79 Å². The van der Waals surface area contributed by atoms with Gasteiger partial charge < -0.3 is 9.47 Å². The lowest BCUT2D eigenvalue weighted by molar-refractivity contribution is -0.130. The SMILES string of the molecule is CCCN(CCC)C(=O)Cc1cn(C)c2ccccc12. The number of fused-ring (bicyclic) bond motifs is 1. The van der Waals surface area contributed by atoms with E-state index in [9.17, 15) is 4.79 Å². The molecular weight excluding hydrogens is 248 g/mol. The number of benzene rings is 1. The summed E-state index contributed by atoms with van der Waals surface area (Å²) in [6, 6.07) is 8.27. The van der Waals surface area contributed by atoms with E-state index in [0.717, 1.165) is 31.5 Å². The van der Waals surface area contributed by atoms with Gasteiger partial charge in [-0.2, -0.15) is 0 Å². The second-order valence-corrected chi connectivity index (χ2v) is 5.34. The van der Waals surface area contributed by atoms with Gasteiger partial charge in [-0.3, -0.25) is 4.79 Å². The minimum absolute atomic E-state index is 0.241. The summed E-state index contributed by atoms with van der Waals surface area (Å²) in [4.78, 5) is 14.4. The Morgan fingerprint density at radius 2 is 1.80 bits per heavy atom. The molecule has 0 fully saturated rings. The molecule has 2 aromatic rings. The molecule has 0 saturated heterocycles. The van der Waals surface area contributed by atoms with Crippen molar-refractivity contribution in [1.29, 1.82) is 0 Å². The fraction of sp³-hybridized carbons (Fsp3) is 0.471. The molecule has 0 aliphatic rings. The van der Waals surface area contributed by atoms with Gasteiger partial charge in [-0.15, -0.1) is 0 Å². The van der Waals surface area contributed by atoms with E-state index in [1.807, 2.05) is 24.1 Å². The molecule has 1 heterocycles. The highest BCUT2D eigenvalue weighted by Gasteiger charge is 2.15. The van der Waals surface area contributed by atoms with Crippen molar-refractivity contribution in [3.8, 4) is 0 Å². The van der Waals surface area contributed by atoms with Gasteiger partial charge in [0.2, 0.25) is 5.91 Å². The second-order valence-electron chi connectivity index (χ2n) is 5.34. The lowest BCUT2D eigenvalue weighted by Crippen LogP contribution is -2.33. The highest BCUT2D eigenvalue weighted by molar-refractivity contribution is 5.89. The van der Waals surface area contributed by atoms with E-state index in [-0.39, 0.29) is 5.91 Å². The van der Waals surface area contributed by atoms with Crippen LogP contribution in [0.15, 0.2) is 30.5 Å². The summed E-state index contributed by atoms with van der Waals surface area (Å²) in [7, 11) is 2.03. The van der Waals surface area contributed by atoms with Crippen molar-refractivity contribution in [3.63, 3.8) is 0 Å². The van der Waals surface area contributed by atoms with Crippen LogP contribution in [0.2, 0.25) is 0 Å². The van der Waals surface area contributed by atoms with Gasteiger partial charge in [0.1, 0.15) is 0 Å². The van der Waals surface area contributed by atoms with Crippen LogP contribution in [0.4, 0.5) is 0 Å². The molecule has 2 rings (SSSR count). The standard InChI is InChI=1S/C17H24N2O/c1-4-10-19(11-5-2)17(20)12-14-13-18(3)16-9-7-6-8-15(14)16/h6-9,13H,4-5,10-12H2,1-3H3. The summed E-state index contributed by atoms with van der Waals surface area (Å²) >= 11 is 0. The number of hydrogen-bond acceptors (Lipinski definition) is 1. The van der Waals surface area contributed by atoms with Crippen molar-refractivity contribution in [2.24, 2.45) is 7.05 Å². The average Bonchev–Trinajstić information content (AvgIpc) is 2.76. The van der Waals surface area contributed by atoms with Crippen LogP contribution in [0.25, 0.3) is 10.9 Å². The minimum Gasteiger partial charge on any atom is -0.350 e. The van der Waals surface area contributed by atoms with E-state index in [2.05, 4.69) is 36.7 Å². The van der Waals surface area contributed by atoms with Crippen LogP contribution in [0.1, 0.15) is 32.3 Å². The maximum atomic E-state index is 12.5. The molecule has 1 aromatic heterocycles. The Kier molecular flexibility index (Phi) is 4.83. The summed E-state index contributed by atoms with van der Waals surface area (Å²) in [5.74, 6) is 0.241. The molecule has 0 atom stereocenters. The second kappa shape index (κ2) is 6.60. The van der Waals surface area contributed by atoms with E-state index < -0.39 is 0 Å². The highest BCUT2D eigenvalue weighted by atomic mass is 16.2. The van der Waals surface area contributed by atoms with Crippen molar-refractivity contribution in [2.75, 3.05) is 13.1 Å². The molecule has 0 N–H and O–H groups in total. The molecule has 3 heteroatoms. The molecule has 1 aromatic carbocycles. The van der Waals surface area contributed by atoms with Gasteiger partial charge in [-0.25, -0.2) is 0 Å². The first-order valence-electron chi connectivity index (χ1n) is 7.48. The maximum Gasteiger partial charge on any atom is 0.227 e. The lowest BCUT2D eigenvalue weighted by atomic mass is 10.1. The minimum atomic E-state index is 0.241. The smallest absolute Gasteiger partial charge is 0.227 e. The number of carbonyl (C=O) groups is 1. The van der Waals surface area contributed by atoms with E-state index in [1.165, 1.54) is 10.9 Å². The Hall–Kier alpha value is -1.77. The normalized spacial score (nSPS) is 10.9. The Morgan fingerprint density at radius 1 is 1.15 bits per heavy atom. The molecule has 0 aliphatic heterocycles. The zero-order chi connectivity index (χ0) is 14.5. The first kappa shape index (κ1) is 14.6. The zero-order valence-electron chi connectivity index (χ0n) is 12.7. The number of hydrogen-bond donors (Lipinski definition) is 0. The van der Waals surface area contributed by atoms with Crippen molar-refractivity contribution in [3.05, 3.63) is 36.0 Å². The van der Waals surface area contributed by atoms with Gasteiger partial charge >= 0.3 is 0 Å². The molecular formula is C17H24N2O. The first-order valence-corrected chi connectivity index (χ1v) is 7.48. The third kappa shape index (κ3) is 3.03. The topological polar surface area (TPSA) is 25.2 Å². The predicted molar refractivity (Wildman–Crippen MR) is 83.8 cm³/mol. The number of aryl methyl sites for hydroxylation is 1. The molecule has 0 unspecified atom stereocenters. The summed E-state index contributed by atoms with van der Waals surface area (Å²) in [5, 5.41) is 1.19. The molecule has 0 bridgehead atoms. The molecule has 1 amide bonds. The molecule has 108 valence electrons. The van der Waals surface area contributed by atoms with Crippen LogP contribution in [0.5, 0.6) is 0 Å². The van der Waals surface area contributed by atoms with E-state index in [0.29, 0.717) is 6.42 Å². The highest BCUT2D eigenvalue weighted by Crippen LogP contribution is 2.21. The van der Waals surface area contributed by atoms with Crippen molar-refractivity contribution >= 4 is 16.8 Å². The monoisotopic (exact) mass is 272 g/mol. The molecule has 3 nitrogen and oxygen atoms in total. The van der Waals surface area contributed by atoms with Crippen LogP contribution >= 0.6 is 0 Å². The Balaban J connectivity index is 2.20. The van der Waals surface area contributed by atoms with Crippen LogP contribution in [-0.2, 0) is 18.3 Å². The van der Waals surface area contributed by atoms with Gasteiger partial charge in [0.15, 0.2) is 0 Å². The quantitative estimate of drug-likeness (QED) is 0.791. The summed E-state index contributed by atoms with van der Waals surface area (Å²) in [6.45, 7) is 5.95. The first-order chi connectivity index (χ1) is 9.67. The molecule has 0 aliphatic carbocycles. The van der Waals surface area contributed by atoms with E-state index in [1.54, 1.807) is 0 Å². The number of amides is 1. The van der Waals surface area contributed by atoms with E-state index >= 15 is 0 Å². The van der Waals surface area contributed by atoms with E-state index in [4.69, 9.17) is 0 Å². The maximum absolute atomic E-state index is 12.5. The Labute approximate surface area is 121 Å². The van der Waals surface area contributed by atoms with Gasteiger partial charge in [0.05, 0.1) is 6.42 Å². The average molecular weight is 272 g/mol. The van der Waals surface area contributed by atoms with Crippen LogP contribution in [0.3, 0.4) is 0 Å². The number of rotatable bonds is 6. The molecule has 0 spiro atoms. The fourth-order valence-corrected chi connectivity index (χ4v) is 2.74. The largest absolute Gasteiger partial charge is 0.350 e. The molecule has 20 heavy (non-hydrogen) atoms. The van der Waals surface area contributed by atoms with Gasteiger partial charge in [0, 0.05) is 37.2 Å². The van der Waals surface area contributed by atoms with Crippen molar-refractivity contribution in [2.45, 2.75) is 33.1 Å². The summed E-state index contributed by atoms with van der Waals surface area (Å²) in [5.41, 5.74) is 2.32. The third-order valence-corrected chi connectivity index (χ3v) is 3.66. The Morgan fingerprint density at radius 3 is 2.45 bits per heavy atom. The summed E-state index contributed by atoms with van der Waals surface area (Å²) < 4.78 is 2.10. The lowest BCUT2D eigenvalue weighted by Gasteiger charge is -2.21. The predicted octanol–water partition coefficient (Wildman–Crippen LogP) is 3.37. The fourth-order valence-electron chi connectivity index (χ4n) is 2.74. The van der Waals surface area contributed by atoms with Gasteiger partial charge in [-0.1, -0.05) is 32.0 Å². The van der Waals surface area contributed by atoms with Crippen LogP contribution < -0.4 is 0 Å². The van der Waals surface area contributed by atoms with Crippen LogP contribution in [0, 0.1) is 0 Å². The number of para-hydroxylation sites is 1.